The number of ether oxygens (including phenoxy) is 1. The fourth-order valence-electron chi connectivity index (χ4n) is 0.964. The van der Waals surface area contributed by atoms with E-state index in [1.54, 1.807) is 12.3 Å². The topological polar surface area (TPSA) is 22.1 Å². The van der Waals surface area contributed by atoms with E-state index in [2.05, 4.69) is 4.98 Å². The third-order valence-corrected chi connectivity index (χ3v) is 2.10. The van der Waals surface area contributed by atoms with E-state index in [1.807, 2.05) is 12.2 Å². The fraction of sp³-hybridized carbons (Fsp3) is 0.300. The molecule has 0 aromatic carbocycles. The molecule has 0 aliphatic heterocycles. The number of rotatable bonds is 4. The maximum atomic E-state index is 5.89. The average molecular weight is 232 g/mol. The Kier molecular flexibility index (Phi) is 4.77. The summed E-state index contributed by atoms with van der Waals surface area (Å²) in [5.74, 6) is 1.06. The molecule has 0 bridgehead atoms. The van der Waals surface area contributed by atoms with Crippen LogP contribution in [0.25, 0.3) is 6.08 Å². The summed E-state index contributed by atoms with van der Waals surface area (Å²) >= 11 is 11.4. The standard InChI is InChI=1S/C10H11Cl2NO/c1-14-10-9(12)6-8(7-13-10)4-2-3-5-11/h2,4,6-7H,3,5H2,1H3. The number of hydrogen-bond donors (Lipinski definition) is 0. The molecule has 1 rings (SSSR count). The first-order valence-corrected chi connectivity index (χ1v) is 5.11. The van der Waals surface area contributed by atoms with Gasteiger partial charge in [0.2, 0.25) is 5.88 Å². The van der Waals surface area contributed by atoms with E-state index in [4.69, 9.17) is 27.9 Å². The third-order valence-electron chi connectivity index (χ3n) is 1.61. The minimum atomic E-state index is 0.446. The summed E-state index contributed by atoms with van der Waals surface area (Å²) < 4.78 is 4.94. The lowest BCUT2D eigenvalue weighted by Crippen LogP contribution is -1.88. The van der Waals surface area contributed by atoms with Gasteiger partial charge in [-0.25, -0.2) is 4.98 Å². The molecule has 1 aromatic heterocycles. The van der Waals surface area contributed by atoms with Gasteiger partial charge in [-0.3, -0.25) is 0 Å². The highest BCUT2D eigenvalue weighted by Crippen LogP contribution is 2.22. The first-order valence-electron chi connectivity index (χ1n) is 4.20. The third kappa shape index (κ3) is 3.20. The van der Waals surface area contributed by atoms with Crippen molar-refractivity contribution >= 4 is 29.3 Å². The van der Waals surface area contributed by atoms with Crippen molar-refractivity contribution < 1.29 is 4.74 Å². The summed E-state index contributed by atoms with van der Waals surface area (Å²) in [5.41, 5.74) is 0.945. The van der Waals surface area contributed by atoms with Crippen LogP contribution in [-0.2, 0) is 0 Å². The number of aromatic nitrogens is 1. The lowest BCUT2D eigenvalue weighted by atomic mass is 10.2. The van der Waals surface area contributed by atoms with Crippen molar-refractivity contribution in [2.75, 3.05) is 13.0 Å². The number of alkyl halides is 1. The second-order valence-electron chi connectivity index (χ2n) is 2.64. The maximum absolute atomic E-state index is 5.89. The summed E-state index contributed by atoms with van der Waals surface area (Å²) in [6, 6.07) is 1.80. The molecule has 0 spiro atoms. The van der Waals surface area contributed by atoms with Crippen LogP contribution in [0.3, 0.4) is 0 Å². The van der Waals surface area contributed by atoms with E-state index in [9.17, 15) is 0 Å². The van der Waals surface area contributed by atoms with Crippen LogP contribution < -0.4 is 4.74 Å². The van der Waals surface area contributed by atoms with Crippen molar-refractivity contribution in [1.29, 1.82) is 0 Å². The summed E-state index contributed by atoms with van der Waals surface area (Å²) in [5, 5.41) is 0.514. The highest BCUT2D eigenvalue weighted by Gasteiger charge is 2.00. The molecule has 0 fully saturated rings. The lowest BCUT2D eigenvalue weighted by molar-refractivity contribution is 0.398. The minimum Gasteiger partial charge on any atom is -0.480 e. The number of pyridine rings is 1. The minimum absolute atomic E-state index is 0.446. The molecule has 0 aliphatic rings. The summed E-state index contributed by atoms with van der Waals surface area (Å²) in [7, 11) is 1.54. The van der Waals surface area contributed by atoms with Crippen LogP contribution in [-0.4, -0.2) is 18.0 Å². The zero-order chi connectivity index (χ0) is 10.4. The van der Waals surface area contributed by atoms with Crippen LogP contribution >= 0.6 is 23.2 Å². The summed E-state index contributed by atoms with van der Waals surface area (Å²) in [4.78, 5) is 4.04. The molecule has 14 heavy (non-hydrogen) atoms. The quantitative estimate of drug-likeness (QED) is 0.742. The van der Waals surface area contributed by atoms with E-state index in [-0.39, 0.29) is 0 Å². The van der Waals surface area contributed by atoms with Crippen molar-refractivity contribution in [2.24, 2.45) is 0 Å². The van der Waals surface area contributed by atoms with Gasteiger partial charge in [-0.05, 0) is 18.1 Å². The highest BCUT2D eigenvalue weighted by atomic mass is 35.5. The first-order chi connectivity index (χ1) is 6.77. The van der Waals surface area contributed by atoms with Gasteiger partial charge in [0.1, 0.15) is 5.02 Å². The molecule has 0 saturated heterocycles. The first kappa shape index (κ1) is 11.3. The zero-order valence-electron chi connectivity index (χ0n) is 7.84. The molecule has 0 N–H and O–H groups in total. The molecule has 0 atom stereocenters. The SMILES string of the molecule is COc1ncc(C=CCCCl)cc1Cl. The molecule has 4 heteroatoms. The number of hydrogen-bond acceptors (Lipinski definition) is 2. The summed E-state index contributed by atoms with van der Waals surface area (Å²) in [6.07, 6.45) is 6.45. The van der Waals surface area contributed by atoms with Gasteiger partial charge in [-0.1, -0.05) is 23.8 Å². The molecule has 0 amide bonds. The van der Waals surface area contributed by atoms with Gasteiger partial charge >= 0.3 is 0 Å². The molecule has 0 aliphatic carbocycles. The lowest BCUT2D eigenvalue weighted by Gasteiger charge is -2.01. The second kappa shape index (κ2) is 5.89. The monoisotopic (exact) mass is 231 g/mol. The van der Waals surface area contributed by atoms with Gasteiger partial charge in [0.25, 0.3) is 0 Å². The molecular formula is C10H11Cl2NO. The number of nitrogens with zero attached hydrogens (tertiary/aromatic N) is 1. The van der Waals surface area contributed by atoms with E-state index >= 15 is 0 Å². The molecule has 1 heterocycles. The Morgan fingerprint density at radius 3 is 2.93 bits per heavy atom. The zero-order valence-corrected chi connectivity index (χ0v) is 9.35. The Morgan fingerprint density at radius 1 is 1.57 bits per heavy atom. The van der Waals surface area contributed by atoms with Crippen molar-refractivity contribution in [3.63, 3.8) is 0 Å². The van der Waals surface area contributed by atoms with E-state index < -0.39 is 0 Å². The van der Waals surface area contributed by atoms with Crippen LogP contribution in [0, 0.1) is 0 Å². The molecule has 76 valence electrons. The average Bonchev–Trinajstić information content (AvgIpc) is 2.18. The Balaban J connectivity index is 2.76. The summed E-state index contributed by atoms with van der Waals surface area (Å²) in [6.45, 7) is 0. The highest BCUT2D eigenvalue weighted by molar-refractivity contribution is 6.31. The Hall–Kier alpha value is -0.730. The Bertz CT molecular complexity index is 326. The molecular weight excluding hydrogens is 221 g/mol. The fourth-order valence-corrected chi connectivity index (χ4v) is 1.34. The van der Waals surface area contributed by atoms with Crippen molar-refractivity contribution in [3.05, 3.63) is 28.9 Å². The van der Waals surface area contributed by atoms with E-state index in [1.165, 1.54) is 7.11 Å². The van der Waals surface area contributed by atoms with Crippen LogP contribution in [0.2, 0.25) is 5.02 Å². The van der Waals surface area contributed by atoms with Gasteiger partial charge < -0.3 is 4.74 Å². The smallest absolute Gasteiger partial charge is 0.232 e. The molecule has 1 aromatic rings. The Labute approximate surface area is 93.5 Å². The molecule has 2 nitrogen and oxygen atoms in total. The van der Waals surface area contributed by atoms with Crippen molar-refractivity contribution in [3.8, 4) is 5.88 Å². The van der Waals surface area contributed by atoms with Crippen LogP contribution in [0.1, 0.15) is 12.0 Å². The van der Waals surface area contributed by atoms with E-state index in [0.717, 1.165) is 12.0 Å². The number of methoxy groups -OCH3 is 1. The molecule has 0 unspecified atom stereocenters. The van der Waals surface area contributed by atoms with Gasteiger partial charge in [-0.2, -0.15) is 0 Å². The predicted molar refractivity (Wildman–Crippen MR) is 60.2 cm³/mol. The normalized spacial score (nSPS) is 10.8. The molecule has 0 radical (unpaired) electrons. The maximum Gasteiger partial charge on any atom is 0.232 e. The van der Waals surface area contributed by atoms with Gasteiger partial charge in [0.05, 0.1) is 7.11 Å². The van der Waals surface area contributed by atoms with Gasteiger partial charge in [0.15, 0.2) is 0 Å². The Morgan fingerprint density at radius 2 is 2.36 bits per heavy atom. The van der Waals surface area contributed by atoms with Crippen LogP contribution in [0.15, 0.2) is 18.3 Å². The molecule has 0 saturated carbocycles. The largest absolute Gasteiger partial charge is 0.480 e. The van der Waals surface area contributed by atoms with Gasteiger partial charge in [0, 0.05) is 12.1 Å². The van der Waals surface area contributed by atoms with Crippen LogP contribution in [0.4, 0.5) is 0 Å². The van der Waals surface area contributed by atoms with E-state index in [0.29, 0.717) is 16.8 Å². The van der Waals surface area contributed by atoms with Crippen LogP contribution in [0.5, 0.6) is 5.88 Å². The number of allylic oxidation sites excluding steroid dienone is 1. The number of halogens is 2. The second-order valence-corrected chi connectivity index (χ2v) is 3.42. The van der Waals surface area contributed by atoms with Crippen molar-refractivity contribution in [1.82, 2.24) is 4.98 Å². The van der Waals surface area contributed by atoms with Crippen molar-refractivity contribution in [2.45, 2.75) is 6.42 Å². The van der Waals surface area contributed by atoms with Gasteiger partial charge in [-0.15, -0.1) is 11.6 Å². The predicted octanol–water partition coefficient (Wildman–Crippen LogP) is 3.39.